The predicted molar refractivity (Wildman–Crippen MR) is 168 cm³/mol. The molecule has 5 rings (SSSR count). The Labute approximate surface area is 255 Å². The van der Waals surface area contributed by atoms with Crippen LogP contribution in [0.25, 0.3) is 22.3 Å². The van der Waals surface area contributed by atoms with Gasteiger partial charge < -0.3 is 15.1 Å². The van der Waals surface area contributed by atoms with Crippen molar-refractivity contribution in [1.29, 1.82) is 0 Å². The van der Waals surface area contributed by atoms with Crippen molar-refractivity contribution in [2.75, 3.05) is 18.5 Å². The number of sulfonamides is 1. The Kier molecular flexibility index (Phi) is 8.84. The average molecular weight is 608 g/mol. The minimum absolute atomic E-state index is 0.0151. The van der Waals surface area contributed by atoms with Gasteiger partial charge in [-0.1, -0.05) is 60.7 Å². The molecule has 5 aromatic rings. The summed E-state index contributed by atoms with van der Waals surface area (Å²) in [5.74, 6) is -2.41. The number of hydrogen-bond acceptors (Lipinski definition) is 6. The molecule has 0 saturated heterocycles. The van der Waals surface area contributed by atoms with Crippen LogP contribution in [0.1, 0.15) is 15.9 Å². The summed E-state index contributed by atoms with van der Waals surface area (Å²) < 4.78 is 27.9. The number of aromatic carboxylic acids is 1. The molecule has 0 atom stereocenters. The Bertz CT molecular complexity index is 1900. The number of carboxylic acid groups (broad SMARTS) is 1. The van der Waals surface area contributed by atoms with Gasteiger partial charge in [0.2, 0.25) is 15.9 Å². The highest BCUT2D eigenvalue weighted by molar-refractivity contribution is 7.89. The van der Waals surface area contributed by atoms with Gasteiger partial charge in [-0.15, -0.1) is 0 Å². The molecule has 2 N–H and O–H groups in total. The molecule has 0 spiro atoms. The van der Waals surface area contributed by atoms with Gasteiger partial charge in [-0.2, -0.15) is 4.31 Å². The molecule has 9 nitrogen and oxygen atoms in total. The number of hydrogen-bond donors (Lipinski definition) is 2. The maximum atomic E-state index is 13.8. The highest BCUT2D eigenvalue weighted by Gasteiger charge is 2.27. The first-order valence-electron chi connectivity index (χ1n) is 13.6. The minimum atomic E-state index is -4.05. The molecule has 10 heteroatoms. The lowest BCUT2D eigenvalue weighted by Crippen LogP contribution is -2.41. The van der Waals surface area contributed by atoms with Gasteiger partial charge in [0.15, 0.2) is 0 Å². The van der Waals surface area contributed by atoms with E-state index in [4.69, 9.17) is 0 Å². The van der Waals surface area contributed by atoms with E-state index in [1.165, 1.54) is 42.3 Å². The Morgan fingerprint density at radius 3 is 2.07 bits per heavy atom. The fourth-order valence-electron chi connectivity index (χ4n) is 4.75. The summed E-state index contributed by atoms with van der Waals surface area (Å²) >= 11 is 0. The molecule has 0 bridgehead atoms. The Morgan fingerprint density at radius 2 is 1.39 bits per heavy atom. The number of likely N-dealkylation sites (N-methyl/N-ethyl adjacent to an activating group) is 1. The number of carbonyl (C=O) groups is 2. The van der Waals surface area contributed by atoms with Crippen LogP contribution in [0, 0.1) is 0 Å². The standard InChI is InChI=1S/C34H29N3O6S/c1-36(44(42,43)30-13-10-26(11-14-30)25-7-3-2-4-8-25)23-33(39)37(29-12-15-32(38)31(21-29)34(40)41)22-24-6-5-9-28(20-24)27-16-18-35-19-17-27/h2-21,38H,22-23H2,1H3,(H,40,41). The van der Waals surface area contributed by atoms with Crippen LogP contribution in [-0.2, 0) is 21.4 Å². The maximum absolute atomic E-state index is 13.8. The number of carbonyl (C=O) groups excluding carboxylic acids is 1. The third-order valence-electron chi connectivity index (χ3n) is 7.13. The molecule has 44 heavy (non-hydrogen) atoms. The first kappa shape index (κ1) is 30.1. The van der Waals surface area contributed by atoms with Gasteiger partial charge >= 0.3 is 5.97 Å². The number of pyridine rings is 1. The van der Waals surface area contributed by atoms with Gasteiger partial charge in [0.25, 0.3) is 0 Å². The number of phenols is 1. The van der Waals surface area contributed by atoms with Crippen molar-refractivity contribution in [3.8, 4) is 28.0 Å². The number of benzene rings is 4. The van der Waals surface area contributed by atoms with Crippen molar-refractivity contribution in [3.63, 3.8) is 0 Å². The number of rotatable bonds is 10. The molecule has 0 radical (unpaired) electrons. The molecular weight excluding hydrogens is 578 g/mol. The molecule has 1 aromatic heterocycles. The van der Waals surface area contributed by atoms with Crippen molar-refractivity contribution in [2.45, 2.75) is 11.4 Å². The summed E-state index contributed by atoms with van der Waals surface area (Å²) in [7, 11) is -2.73. The van der Waals surface area contributed by atoms with Crippen molar-refractivity contribution in [3.05, 3.63) is 133 Å². The highest BCUT2D eigenvalue weighted by atomic mass is 32.2. The Hall–Kier alpha value is -5.32. The van der Waals surface area contributed by atoms with E-state index in [2.05, 4.69) is 4.98 Å². The van der Waals surface area contributed by atoms with E-state index in [-0.39, 0.29) is 22.7 Å². The molecule has 0 aliphatic carbocycles. The smallest absolute Gasteiger partial charge is 0.339 e. The largest absolute Gasteiger partial charge is 0.507 e. The van der Waals surface area contributed by atoms with E-state index >= 15 is 0 Å². The lowest BCUT2D eigenvalue weighted by Gasteiger charge is -2.26. The Balaban J connectivity index is 1.43. The lowest BCUT2D eigenvalue weighted by molar-refractivity contribution is -0.118. The number of nitrogens with zero attached hydrogens (tertiary/aromatic N) is 3. The summed E-state index contributed by atoms with van der Waals surface area (Å²) in [5, 5.41) is 19.6. The number of aromatic hydroxyl groups is 1. The zero-order valence-electron chi connectivity index (χ0n) is 23.7. The van der Waals surface area contributed by atoms with E-state index < -0.39 is 34.2 Å². The fourth-order valence-corrected chi connectivity index (χ4v) is 5.87. The first-order valence-corrected chi connectivity index (χ1v) is 15.1. The molecule has 0 saturated carbocycles. The SMILES string of the molecule is CN(CC(=O)N(Cc1cccc(-c2ccncc2)c1)c1ccc(O)c(C(=O)O)c1)S(=O)(=O)c1ccc(-c2ccccc2)cc1. The van der Waals surface area contributed by atoms with Crippen LogP contribution >= 0.6 is 0 Å². The summed E-state index contributed by atoms with van der Waals surface area (Å²) in [6.07, 6.45) is 3.35. The van der Waals surface area contributed by atoms with Gasteiger partial charge in [0.05, 0.1) is 18.0 Å². The van der Waals surface area contributed by atoms with Gasteiger partial charge in [0.1, 0.15) is 11.3 Å². The summed E-state index contributed by atoms with van der Waals surface area (Å²) in [6, 6.07) is 30.9. The maximum Gasteiger partial charge on any atom is 0.339 e. The van der Waals surface area contributed by atoms with E-state index in [0.29, 0.717) is 0 Å². The van der Waals surface area contributed by atoms with Crippen LogP contribution in [0.15, 0.2) is 126 Å². The van der Waals surface area contributed by atoms with Gasteiger partial charge in [-0.25, -0.2) is 13.2 Å². The molecule has 1 heterocycles. The fraction of sp³-hybridized carbons (Fsp3) is 0.0882. The monoisotopic (exact) mass is 607 g/mol. The van der Waals surface area contributed by atoms with Crippen molar-refractivity contribution in [2.24, 2.45) is 0 Å². The number of aromatic nitrogens is 1. The lowest BCUT2D eigenvalue weighted by atomic mass is 10.0. The van der Waals surface area contributed by atoms with Gasteiger partial charge in [-0.05, 0) is 76.3 Å². The van der Waals surface area contributed by atoms with Crippen molar-refractivity contribution in [1.82, 2.24) is 9.29 Å². The van der Waals surface area contributed by atoms with Crippen LogP contribution in [0.5, 0.6) is 5.75 Å². The predicted octanol–water partition coefficient (Wildman–Crippen LogP) is 5.67. The van der Waals surface area contributed by atoms with Crippen molar-refractivity contribution < 1.29 is 28.2 Å². The van der Waals surface area contributed by atoms with Gasteiger partial charge in [0, 0.05) is 25.1 Å². The van der Waals surface area contributed by atoms with E-state index in [0.717, 1.165) is 32.1 Å². The second-order valence-electron chi connectivity index (χ2n) is 10.1. The zero-order valence-corrected chi connectivity index (χ0v) is 24.6. The minimum Gasteiger partial charge on any atom is -0.507 e. The Morgan fingerprint density at radius 1 is 0.750 bits per heavy atom. The van der Waals surface area contributed by atoms with E-state index in [1.807, 2.05) is 66.7 Å². The second-order valence-corrected chi connectivity index (χ2v) is 12.1. The number of carboxylic acids is 1. The second kappa shape index (κ2) is 12.9. The van der Waals surface area contributed by atoms with Crippen LogP contribution < -0.4 is 4.90 Å². The molecule has 0 aliphatic heterocycles. The molecule has 0 fully saturated rings. The van der Waals surface area contributed by atoms with E-state index in [9.17, 15) is 28.2 Å². The summed E-state index contributed by atoms with van der Waals surface area (Å²) in [5.41, 5.74) is 4.13. The summed E-state index contributed by atoms with van der Waals surface area (Å²) in [6.45, 7) is -0.503. The molecule has 0 unspecified atom stereocenters. The number of amides is 1. The normalized spacial score (nSPS) is 11.3. The first-order chi connectivity index (χ1) is 21.1. The highest BCUT2D eigenvalue weighted by Crippen LogP contribution is 2.28. The number of anilines is 1. The third-order valence-corrected chi connectivity index (χ3v) is 8.95. The molecular formula is C34H29N3O6S. The topological polar surface area (TPSA) is 128 Å². The van der Waals surface area contributed by atoms with Crippen molar-refractivity contribution >= 4 is 27.6 Å². The summed E-state index contributed by atoms with van der Waals surface area (Å²) in [4.78, 5) is 30.9. The van der Waals surface area contributed by atoms with Crippen LogP contribution in [0.4, 0.5) is 5.69 Å². The van der Waals surface area contributed by atoms with E-state index in [1.54, 1.807) is 24.5 Å². The third kappa shape index (κ3) is 6.67. The quantitative estimate of drug-likeness (QED) is 0.209. The molecule has 222 valence electrons. The van der Waals surface area contributed by atoms with Crippen LogP contribution in [0.2, 0.25) is 0 Å². The molecule has 1 amide bonds. The molecule has 4 aromatic carbocycles. The zero-order chi connectivity index (χ0) is 31.3. The van der Waals surface area contributed by atoms with Gasteiger partial charge in [-0.3, -0.25) is 9.78 Å². The van der Waals surface area contributed by atoms with Crippen LogP contribution in [0.3, 0.4) is 0 Å². The molecule has 0 aliphatic rings. The van der Waals surface area contributed by atoms with Crippen LogP contribution in [-0.4, -0.2) is 53.4 Å². The average Bonchev–Trinajstić information content (AvgIpc) is 3.05.